The van der Waals surface area contributed by atoms with Crippen LogP contribution in [0, 0.1) is 5.92 Å². The molecule has 22 heavy (non-hydrogen) atoms. The number of aliphatic hydroxyl groups is 1. The average Bonchev–Trinajstić information content (AvgIpc) is 2.74. The minimum absolute atomic E-state index is 0.0188. The summed E-state index contributed by atoms with van der Waals surface area (Å²) in [4.78, 5) is 14.8. The molecule has 1 aliphatic heterocycles. The molecule has 1 fully saturated rings. The summed E-state index contributed by atoms with van der Waals surface area (Å²) in [6.45, 7) is 7.79. The second-order valence-electron chi connectivity index (χ2n) is 6.62. The van der Waals surface area contributed by atoms with E-state index in [0.717, 1.165) is 44.3 Å². The Morgan fingerprint density at radius 1 is 1.41 bits per heavy atom. The average molecular weight is 307 g/mol. The van der Waals surface area contributed by atoms with E-state index in [4.69, 9.17) is 0 Å². The predicted octanol–water partition coefficient (Wildman–Crippen LogP) is 2.48. The van der Waals surface area contributed by atoms with Gasteiger partial charge in [0.05, 0.1) is 18.3 Å². The normalized spacial score (nSPS) is 19.5. The molecule has 2 rings (SSSR count). The van der Waals surface area contributed by atoms with Gasteiger partial charge in [-0.25, -0.2) is 0 Å². The van der Waals surface area contributed by atoms with Crippen molar-refractivity contribution in [3.05, 3.63) is 17.5 Å². The van der Waals surface area contributed by atoms with Crippen molar-refractivity contribution in [1.82, 2.24) is 14.7 Å². The topological polar surface area (TPSA) is 58.4 Å². The highest BCUT2D eigenvalue weighted by molar-refractivity contribution is 5.93. The second kappa shape index (κ2) is 7.77. The van der Waals surface area contributed by atoms with Gasteiger partial charge in [-0.15, -0.1) is 0 Å². The number of rotatable bonds is 5. The number of carbonyl (C=O) groups is 1. The van der Waals surface area contributed by atoms with E-state index < -0.39 is 0 Å². The molecule has 0 aliphatic carbocycles. The van der Waals surface area contributed by atoms with Crippen LogP contribution in [0.1, 0.15) is 62.6 Å². The fraction of sp³-hybridized carbons (Fsp3) is 0.765. The van der Waals surface area contributed by atoms with Crippen molar-refractivity contribution in [2.45, 2.75) is 65.5 Å². The molecule has 1 aromatic heterocycles. The molecule has 1 saturated heterocycles. The zero-order valence-electron chi connectivity index (χ0n) is 14.1. The largest absolute Gasteiger partial charge is 0.394 e. The third-order valence-electron chi connectivity index (χ3n) is 4.32. The van der Waals surface area contributed by atoms with E-state index in [-0.39, 0.29) is 18.6 Å². The fourth-order valence-corrected chi connectivity index (χ4v) is 3.18. The first kappa shape index (κ1) is 17.0. The molecule has 1 aliphatic rings. The highest BCUT2D eigenvalue weighted by atomic mass is 16.3. The molecular formula is C17H29N3O2. The van der Waals surface area contributed by atoms with Crippen LogP contribution in [0.25, 0.3) is 0 Å². The van der Waals surface area contributed by atoms with Gasteiger partial charge in [0.15, 0.2) is 0 Å². The quantitative estimate of drug-likeness (QED) is 0.909. The van der Waals surface area contributed by atoms with Crippen molar-refractivity contribution >= 4 is 5.91 Å². The SMILES string of the molecule is CCn1nc(CC(C)C)cc1C(=O)N1CCCCC[C@H]1CO. The van der Waals surface area contributed by atoms with Gasteiger partial charge in [0.1, 0.15) is 5.69 Å². The van der Waals surface area contributed by atoms with Gasteiger partial charge in [-0.05, 0) is 38.2 Å². The van der Waals surface area contributed by atoms with Gasteiger partial charge >= 0.3 is 0 Å². The van der Waals surface area contributed by atoms with Gasteiger partial charge in [0.2, 0.25) is 0 Å². The number of nitrogens with zero attached hydrogens (tertiary/aromatic N) is 3. The summed E-state index contributed by atoms with van der Waals surface area (Å²) < 4.78 is 1.80. The van der Waals surface area contributed by atoms with Gasteiger partial charge in [-0.2, -0.15) is 5.10 Å². The molecule has 5 heteroatoms. The molecular weight excluding hydrogens is 278 g/mol. The Labute approximate surface area is 133 Å². The van der Waals surface area contributed by atoms with Crippen LogP contribution in [0.4, 0.5) is 0 Å². The number of likely N-dealkylation sites (tertiary alicyclic amines) is 1. The van der Waals surface area contributed by atoms with Crippen molar-refractivity contribution < 1.29 is 9.90 Å². The second-order valence-corrected chi connectivity index (χ2v) is 6.62. The molecule has 1 amide bonds. The third-order valence-corrected chi connectivity index (χ3v) is 4.32. The molecule has 0 radical (unpaired) electrons. The lowest BCUT2D eigenvalue weighted by Gasteiger charge is -2.28. The van der Waals surface area contributed by atoms with Crippen molar-refractivity contribution in [2.75, 3.05) is 13.2 Å². The Hall–Kier alpha value is -1.36. The molecule has 0 spiro atoms. The van der Waals surface area contributed by atoms with Gasteiger partial charge in [0.25, 0.3) is 5.91 Å². The van der Waals surface area contributed by atoms with E-state index in [0.29, 0.717) is 18.2 Å². The highest BCUT2D eigenvalue weighted by Crippen LogP contribution is 2.20. The lowest BCUT2D eigenvalue weighted by atomic mass is 10.1. The maximum Gasteiger partial charge on any atom is 0.272 e. The van der Waals surface area contributed by atoms with Gasteiger partial charge in [0, 0.05) is 13.1 Å². The molecule has 124 valence electrons. The number of aryl methyl sites for hydroxylation is 1. The number of carbonyl (C=O) groups excluding carboxylic acids is 1. The Morgan fingerprint density at radius 3 is 2.82 bits per heavy atom. The zero-order chi connectivity index (χ0) is 16.1. The molecule has 1 aromatic rings. The van der Waals surface area contributed by atoms with E-state index in [2.05, 4.69) is 18.9 Å². The number of aliphatic hydroxyl groups excluding tert-OH is 1. The minimum Gasteiger partial charge on any atom is -0.394 e. The molecule has 5 nitrogen and oxygen atoms in total. The molecule has 2 heterocycles. The van der Waals surface area contributed by atoms with Gasteiger partial charge in [-0.3, -0.25) is 9.48 Å². The van der Waals surface area contributed by atoms with E-state index in [1.54, 1.807) is 4.68 Å². The van der Waals surface area contributed by atoms with Crippen molar-refractivity contribution in [3.8, 4) is 0 Å². The molecule has 1 N–H and O–H groups in total. The van der Waals surface area contributed by atoms with E-state index in [9.17, 15) is 9.90 Å². The standard InChI is InChI=1S/C17H29N3O2/c1-4-20-16(11-14(18-20)10-13(2)3)17(22)19-9-7-5-6-8-15(19)12-21/h11,13,15,21H,4-10,12H2,1-3H3/t15-/m0/s1. The van der Waals surface area contributed by atoms with E-state index in [1.807, 2.05) is 17.9 Å². The Morgan fingerprint density at radius 2 is 2.18 bits per heavy atom. The number of hydrogen-bond acceptors (Lipinski definition) is 3. The zero-order valence-corrected chi connectivity index (χ0v) is 14.1. The Kier molecular flexibility index (Phi) is 6.00. The lowest BCUT2D eigenvalue weighted by molar-refractivity contribution is 0.0587. The summed E-state index contributed by atoms with van der Waals surface area (Å²) in [5.74, 6) is 0.539. The van der Waals surface area contributed by atoms with Crippen LogP contribution < -0.4 is 0 Å². The molecule has 0 unspecified atom stereocenters. The van der Waals surface area contributed by atoms with Crippen LogP contribution in [0.5, 0.6) is 0 Å². The van der Waals surface area contributed by atoms with Crippen LogP contribution in [-0.4, -0.2) is 44.9 Å². The van der Waals surface area contributed by atoms with E-state index >= 15 is 0 Å². The summed E-state index contributed by atoms with van der Waals surface area (Å²) in [6.07, 6.45) is 5.01. The number of aromatic nitrogens is 2. The number of amides is 1. The maximum atomic E-state index is 13.0. The number of hydrogen-bond donors (Lipinski definition) is 1. The third kappa shape index (κ3) is 3.88. The highest BCUT2D eigenvalue weighted by Gasteiger charge is 2.28. The summed E-state index contributed by atoms with van der Waals surface area (Å²) >= 11 is 0. The smallest absolute Gasteiger partial charge is 0.272 e. The summed E-state index contributed by atoms with van der Waals surface area (Å²) in [5.41, 5.74) is 1.65. The van der Waals surface area contributed by atoms with Gasteiger partial charge in [-0.1, -0.05) is 26.7 Å². The van der Waals surface area contributed by atoms with Gasteiger partial charge < -0.3 is 10.0 Å². The van der Waals surface area contributed by atoms with Crippen LogP contribution in [0.15, 0.2) is 6.07 Å². The summed E-state index contributed by atoms with van der Waals surface area (Å²) in [7, 11) is 0. The first-order valence-corrected chi connectivity index (χ1v) is 8.55. The lowest BCUT2D eigenvalue weighted by Crippen LogP contribution is -2.42. The van der Waals surface area contributed by atoms with Crippen LogP contribution in [-0.2, 0) is 13.0 Å². The molecule has 0 aromatic carbocycles. The Balaban J connectivity index is 2.24. The van der Waals surface area contributed by atoms with Crippen LogP contribution >= 0.6 is 0 Å². The van der Waals surface area contributed by atoms with E-state index in [1.165, 1.54) is 0 Å². The van der Waals surface area contributed by atoms with Crippen molar-refractivity contribution in [2.24, 2.45) is 5.92 Å². The molecule has 0 bridgehead atoms. The van der Waals surface area contributed by atoms with Crippen LogP contribution in [0.3, 0.4) is 0 Å². The monoisotopic (exact) mass is 307 g/mol. The first-order valence-electron chi connectivity index (χ1n) is 8.55. The predicted molar refractivity (Wildman–Crippen MR) is 86.8 cm³/mol. The summed E-state index contributed by atoms with van der Waals surface area (Å²) in [5, 5.41) is 14.2. The van der Waals surface area contributed by atoms with Crippen molar-refractivity contribution in [3.63, 3.8) is 0 Å². The van der Waals surface area contributed by atoms with Crippen LogP contribution in [0.2, 0.25) is 0 Å². The van der Waals surface area contributed by atoms with Crippen molar-refractivity contribution in [1.29, 1.82) is 0 Å². The minimum atomic E-state index is -0.0521. The molecule has 1 atom stereocenters. The summed E-state index contributed by atoms with van der Waals surface area (Å²) in [6, 6.07) is 1.88. The Bertz CT molecular complexity index is 496. The fourth-order valence-electron chi connectivity index (χ4n) is 3.18. The maximum absolute atomic E-state index is 13.0. The molecule has 0 saturated carbocycles. The first-order chi connectivity index (χ1) is 10.6.